The van der Waals surface area contributed by atoms with Gasteiger partial charge in [0.05, 0.1) is 12.2 Å². The molecule has 2 aromatic rings. The molecule has 0 saturated carbocycles. The maximum absolute atomic E-state index is 12.7. The minimum Gasteiger partial charge on any atom is -0.383 e. The van der Waals surface area contributed by atoms with Crippen LogP contribution in [0.5, 0.6) is 0 Å². The average molecular weight is 376 g/mol. The van der Waals surface area contributed by atoms with Gasteiger partial charge in [-0.3, -0.25) is 9.59 Å². The molecule has 0 aromatic heterocycles. The van der Waals surface area contributed by atoms with E-state index in [9.17, 15) is 9.59 Å². The van der Waals surface area contributed by atoms with Crippen molar-refractivity contribution in [1.29, 1.82) is 0 Å². The monoisotopic (exact) mass is 375 g/mol. The fraction of sp³-hybridized carbons (Fsp3) is 0.222. The summed E-state index contributed by atoms with van der Waals surface area (Å²) in [6, 6.07) is 13.7. The SMILES string of the molecule is COCC(C)NC(=O)c1ccccc1C(=O)c1ccc(Br)cc1. The molecule has 120 valence electrons. The van der Waals surface area contributed by atoms with E-state index in [2.05, 4.69) is 21.2 Å². The molecule has 1 unspecified atom stereocenters. The molecule has 0 fully saturated rings. The van der Waals surface area contributed by atoms with Crippen LogP contribution in [0.1, 0.15) is 33.2 Å². The Balaban J connectivity index is 2.28. The molecule has 1 N–H and O–H groups in total. The van der Waals surface area contributed by atoms with Gasteiger partial charge < -0.3 is 10.1 Å². The first-order valence-electron chi connectivity index (χ1n) is 7.22. The van der Waals surface area contributed by atoms with Crippen LogP contribution in [0.3, 0.4) is 0 Å². The van der Waals surface area contributed by atoms with Gasteiger partial charge in [-0.15, -0.1) is 0 Å². The van der Waals surface area contributed by atoms with Crippen molar-refractivity contribution in [2.24, 2.45) is 0 Å². The van der Waals surface area contributed by atoms with E-state index >= 15 is 0 Å². The van der Waals surface area contributed by atoms with Crippen LogP contribution in [-0.2, 0) is 4.74 Å². The molecule has 2 rings (SSSR count). The van der Waals surface area contributed by atoms with Gasteiger partial charge in [-0.2, -0.15) is 0 Å². The van der Waals surface area contributed by atoms with E-state index in [4.69, 9.17) is 4.74 Å². The number of ketones is 1. The minimum absolute atomic E-state index is 0.136. The lowest BCUT2D eigenvalue weighted by molar-refractivity contribution is 0.0898. The van der Waals surface area contributed by atoms with E-state index in [-0.39, 0.29) is 17.7 Å². The quantitative estimate of drug-likeness (QED) is 0.786. The van der Waals surface area contributed by atoms with E-state index in [1.807, 2.05) is 6.92 Å². The van der Waals surface area contributed by atoms with Crippen molar-refractivity contribution in [2.45, 2.75) is 13.0 Å². The highest BCUT2D eigenvalue weighted by molar-refractivity contribution is 9.10. The summed E-state index contributed by atoms with van der Waals surface area (Å²) in [6.45, 7) is 2.26. The van der Waals surface area contributed by atoms with Gasteiger partial charge in [0.15, 0.2) is 5.78 Å². The molecule has 0 aliphatic rings. The summed E-state index contributed by atoms with van der Waals surface area (Å²) < 4.78 is 5.91. The van der Waals surface area contributed by atoms with Gasteiger partial charge in [0.2, 0.25) is 0 Å². The lowest BCUT2D eigenvalue weighted by Gasteiger charge is -2.14. The highest BCUT2D eigenvalue weighted by atomic mass is 79.9. The molecule has 0 spiro atoms. The number of halogens is 1. The van der Waals surface area contributed by atoms with Crippen LogP contribution < -0.4 is 5.32 Å². The zero-order valence-electron chi connectivity index (χ0n) is 13.0. The molecule has 0 saturated heterocycles. The predicted octanol–water partition coefficient (Wildman–Crippen LogP) is 3.44. The number of hydrogen-bond donors (Lipinski definition) is 1. The first kappa shape index (κ1) is 17.4. The number of benzene rings is 2. The van der Waals surface area contributed by atoms with Crippen LogP contribution >= 0.6 is 15.9 Å². The number of rotatable bonds is 6. The van der Waals surface area contributed by atoms with Crippen molar-refractivity contribution in [2.75, 3.05) is 13.7 Å². The Labute approximate surface area is 144 Å². The summed E-state index contributed by atoms with van der Waals surface area (Å²) in [5, 5.41) is 2.83. The molecule has 5 heteroatoms. The van der Waals surface area contributed by atoms with Crippen molar-refractivity contribution in [3.05, 3.63) is 69.7 Å². The van der Waals surface area contributed by atoms with Crippen LogP contribution in [-0.4, -0.2) is 31.4 Å². The summed E-state index contributed by atoms with van der Waals surface area (Å²) in [4.78, 5) is 25.1. The second-order valence-electron chi connectivity index (χ2n) is 5.21. The molecule has 0 radical (unpaired) electrons. The smallest absolute Gasteiger partial charge is 0.252 e. The highest BCUT2D eigenvalue weighted by Crippen LogP contribution is 2.17. The molecule has 0 aliphatic heterocycles. The summed E-state index contributed by atoms with van der Waals surface area (Å²) in [5.74, 6) is -0.460. The van der Waals surface area contributed by atoms with Crippen LogP contribution in [0, 0.1) is 0 Å². The predicted molar refractivity (Wildman–Crippen MR) is 92.8 cm³/mol. The molecule has 23 heavy (non-hydrogen) atoms. The van der Waals surface area contributed by atoms with Crippen molar-refractivity contribution in [3.63, 3.8) is 0 Å². The Morgan fingerprint density at radius 2 is 1.70 bits per heavy atom. The van der Waals surface area contributed by atoms with Crippen LogP contribution in [0.4, 0.5) is 0 Å². The summed E-state index contributed by atoms with van der Waals surface area (Å²) in [5.41, 5.74) is 1.29. The Kier molecular flexibility index (Phi) is 6.07. The summed E-state index contributed by atoms with van der Waals surface area (Å²) in [7, 11) is 1.58. The fourth-order valence-corrected chi connectivity index (χ4v) is 2.49. The molecule has 0 heterocycles. The number of carbonyl (C=O) groups is 2. The molecular weight excluding hydrogens is 358 g/mol. The van der Waals surface area contributed by atoms with Crippen molar-refractivity contribution < 1.29 is 14.3 Å². The van der Waals surface area contributed by atoms with Crippen molar-refractivity contribution in [3.8, 4) is 0 Å². The second-order valence-corrected chi connectivity index (χ2v) is 6.13. The first-order chi connectivity index (χ1) is 11.0. The Morgan fingerprint density at radius 3 is 2.30 bits per heavy atom. The number of methoxy groups -OCH3 is 1. The van der Waals surface area contributed by atoms with Crippen molar-refractivity contribution in [1.82, 2.24) is 5.32 Å². The topological polar surface area (TPSA) is 55.4 Å². The van der Waals surface area contributed by atoms with Gasteiger partial charge in [0, 0.05) is 28.8 Å². The lowest BCUT2D eigenvalue weighted by atomic mass is 9.98. The molecule has 1 amide bonds. The van der Waals surface area contributed by atoms with E-state index < -0.39 is 0 Å². The highest BCUT2D eigenvalue weighted by Gasteiger charge is 2.19. The standard InChI is InChI=1S/C18H18BrNO3/c1-12(11-23-2)20-18(22)16-6-4-3-5-15(16)17(21)13-7-9-14(19)10-8-13/h3-10,12H,11H2,1-2H3,(H,20,22). The van der Waals surface area contributed by atoms with Crippen LogP contribution in [0.15, 0.2) is 53.0 Å². The van der Waals surface area contributed by atoms with Crippen LogP contribution in [0.2, 0.25) is 0 Å². The molecule has 2 aromatic carbocycles. The normalized spacial score (nSPS) is 11.8. The van der Waals surface area contributed by atoms with Gasteiger partial charge in [0.25, 0.3) is 5.91 Å². The number of carbonyl (C=O) groups excluding carboxylic acids is 2. The number of hydrogen-bond acceptors (Lipinski definition) is 3. The second kappa shape index (κ2) is 8.04. The third-order valence-electron chi connectivity index (χ3n) is 3.32. The Bertz CT molecular complexity index is 698. The zero-order chi connectivity index (χ0) is 16.8. The largest absolute Gasteiger partial charge is 0.383 e. The van der Waals surface area contributed by atoms with E-state index in [1.54, 1.807) is 55.6 Å². The average Bonchev–Trinajstić information content (AvgIpc) is 2.55. The van der Waals surface area contributed by atoms with Crippen molar-refractivity contribution >= 4 is 27.6 Å². The third-order valence-corrected chi connectivity index (χ3v) is 3.85. The molecule has 4 nitrogen and oxygen atoms in total. The third kappa shape index (κ3) is 4.50. The number of ether oxygens (including phenoxy) is 1. The van der Waals surface area contributed by atoms with Gasteiger partial charge >= 0.3 is 0 Å². The van der Waals surface area contributed by atoms with Gasteiger partial charge in [-0.05, 0) is 37.3 Å². The maximum Gasteiger partial charge on any atom is 0.252 e. The molecular formula is C18H18BrNO3. The summed E-state index contributed by atoms with van der Waals surface area (Å²) >= 11 is 3.34. The van der Waals surface area contributed by atoms with E-state index in [1.165, 1.54) is 0 Å². The number of amides is 1. The summed E-state index contributed by atoms with van der Waals surface area (Å²) in [6.07, 6.45) is 0. The van der Waals surface area contributed by atoms with Gasteiger partial charge in [-0.25, -0.2) is 0 Å². The Hall–Kier alpha value is -1.98. The van der Waals surface area contributed by atoms with Gasteiger partial charge in [-0.1, -0.05) is 34.1 Å². The lowest BCUT2D eigenvalue weighted by Crippen LogP contribution is -2.36. The van der Waals surface area contributed by atoms with E-state index in [0.717, 1.165) is 4.47 Å². The molecule has 0 aliphatic carbocycles. The maximum atomic E-state index is 12.7. The zero-order valence-corrected chi connectivity index (χ0v) is 14.6. The first-order valence-corrected chi connectivity index (χ1v) is 8.01. The van der Waals surface area contributed by atoms with Gasteiger partial charge in [0.1, 0.15) is 0 Å². The molecule has 0 bridgehead atoms. The Morgan fingerprint density at radius 1 is 1.09 bits per heavy atom. The fourth-order valence-electron chi connectivity index (χ4n) is 2.23. The minimum atomic E-state index is -0.282. The van der Waals surface area contributed by atoms with E-state index in [0.29, 0.717) is 23.3 Å². The van der Waals surface area contributed by atoms with Crippen LogP contribution in [0.25, 0.3) is 0 Å². The molecule has 1 atom stereocenters. The number of nitrogens with one attached hydrogen (secondary N) is 1.